The highest BCUT2D eigenvalue weighted by molar-refractivity contribution is 7.86. The van der Waals surface area contributed by atoms with E-state index in [1.165, 1.54) is 0 Å². The molecule has 3 atom stereocenters. The third-order valence-electron chi connectivity index (χ3n) is 2.89. The predicted octanol–water partition coefficient (Wildman–Crippen LogP) is -1.70. The molecule has 0 spiro atoms. The molecule has 2 rings (SSSR count). The second-order valence-corrected chi connectivity index (χ2v) is 6.13. The first kappa shape index (κ1) is 15.8. The maximum atomic E-state index is 13.2. The fourth-order valence-electron chi connectivity index (χ4n) is 2.04. The number of nitrogens with zero attached hydrogens (tertiary/aromatic N) is 1. The minimum atomic E-state index is -3.79. The fourth-order valence-corrected chi connectivity index (χ4v) is 2.69. The molecular formula is C10H13FN2O7S. The van der Waals surface area contributed by atoms with Gasteiger partial charge in [-0.3, -0.25) is 18.5 Å². The van der Waals surface area contributed by atoms with Gasteiger partial charge in [0.25, 0.3) is 15.7 Å². The number of halogens is 1. The highest BCUT2D eigenvalue weighted by Crippen LogP contribution is 2.30. The Morgan fingerprint density at radius 1 is 1.57 bits per heavy atom. The molecule has 11 heteroatoms. The van der Waals surface area contributed by atoms with Crippen molar-refractivity contribution in [1.82, 2.24) is 9.55 Å². The van der Waals surface area contributed by atoms with E-state index in [0.717, 1.165) is 10.8 Å². The summed E-state index contributed by atoms with van der Waals surface area (Å²) in [5, 5.41) is 9.15. The molecule has 9 nitrogen and oxygen atoms in total. The summed E-state index contributed by atoms with van der Waals surface area (Å²) in [6.07, 6.45) is -1.69. The normalized spacial score (nSPS) is 26.1. The summed E-state index contributed by atoms with van der Waals surface area (Å²) in [5.74, 6) is -1.19. The molecule has 118 valence electrons. The summed E-state index contributed by atoms with van der Waals surface area (Å²) in [7, 11) is -3.79. The highest BCUT2D eigenvalue weighted by atomic mass is 32.2. The molecule has 0 radical (unpaired) electrons. The molecule has 1 aliphatic heterocycles. The first-order valence-electron chi connectivity index (χ1n) is 5.87. The van der Waals surface area contributed by atoms with Gasteiger partial charge in [-0.05, 0) is 0 Å². The molecule has 1 aliphatic rings. The topological polar surface area (TPSA) is 128 Å². The quantitative estimate of drug-likeness (QED) is 0.632. The molecular weight excluding hydrogens is 311 g/mol. The zero-order valence-corrected chi connectivity index (χ0v) is 11.7. The molecule has 0 bridgehead atoms. The van der Waals surface area contributed by atoms with E-state index >= 15 is 0 Å². The Bertz CT molecular complexity index is 741. The van der Waals surface area contributed by atoms with Crippen molar-refractivity contribution in [3.8, 4) is 0 Å². The molecule has 0 aromatic carbocycles. The maximum Gasteiger partial charge on any atom is 0.330 e. The van der Waals surface area contributed by atoms with E-state index < -0.39 is 52.2 Å². The van der Waals surface area contributed by atoms with Crippen molar-refractivity contribution in [2.75, 3.05) is 12.9 Å². The van der Waals surface area contributed by atoms with Crippen LogP contribution in [-0.4, -0.2) is 48.1 Å². The van der Waals surface area contributed by atoms with Crippen molar-refractivity contribution in [2.24, 2.45) is 0 Å². The van der Waals surface area contributed by atoms with Crippen LogP contribution in [0, 0.1) is 5.82 Å². The van der Waals surface area contributed by atoms with Gasteiger partial charge in [0, 0.05) is 6.42 Å². The third kappa shape index (κ3) is 3.56. The summed E-state index contributed by atoms with van der Waals surface area (Å²) in [4.78, 5) is 24.3. The lowest BCUT2D eigenvalue weighted by atomic mass is 10.2. The first-order valence-corrected chi connectivity index (χ1v) is 7.68. The van der Waals surface area contributed by atoms with Gasteiger partial charge < -0.3 is 9.84 Å². The number of aliphatic hydroxyl groups is 1. The van der Waals surface area contributed by atoms with Gasteiger partial charge in [-0.25, -0.2) is 4.79 Å². The Balaban J connectivity index is 2.29. The van der Waals surface area contributed by atoms with Crippen molar-refractivity contribution in [3.63, 3.8) is 0 Å². The van der Waals surface area contributed by atoms with E-state index in [1.54, 1.807) is 4.98 Å². The minimum Gasteiger partial charge on any atom is -0.394 e. The monoisotopic (exact) mass is 324 g/mol. The summed E-state index contributed by atoms with van der Waals surface area (Å²) in [6, 6.07) is 0. The average Bonchev–Trinajstić information content (AvgIpc) is 2.74. The summed E-state index contributed by atoms with van der Waals surface area (Å²) in [6.45, 7) is -0.544. The van der Waals surface area contributed by atoms with Crippen molar-refractivity contribution in [1.29, 1.82) is 0 Å². The van der Waals surface area contributed by atoms with Gasteiger partial charge in [0.1, 0.15) is 18.4 Å². The second-order valence-electron chi connectivity index (χ2n) is 4.53. The molecule has 0 aliphatic carbocycles. The maximum absolute atomic E-state index is 13.2. The molecule has 0 amide bonds. The van der Waals surface area contributed by atoms with E-state index in [-0.39, 0.29) is 6.42 Å². The standard InChI is InChI=1S/C10H13FN2O7S/c1-21(17,18)20-6-2-8(19-7(6)4-14)13-3-5(11)9(15)12-10(13)16/h3,6-8,14H,2,4H2,1H3,(H,12,15,16)/t6-,7+,8-/m0/s1. The van der Waals surface area contributed by atoms with Crippen molar-refractivity contribution >= 4 is 10.1 Å². The number of hydrogen-bond donors (Lipinski definition) is 2. The van der Waals surface area contributed by atoms with Crippen LogP contribution in [0.4, 0.5) is 4.39 Å². The van der Waals surface area contributed by atoms with E-state index in [1.807, 2.05) is 0 Å². The van der Waals surface area contributed by atoms with Crippen molar-refractivity contribution < 1.29 is 26.8 Å². The van der Waals surface area contributed by atoms with Crippen LogP contribution in [0.15, 0.2) is 15.8 Å². The van der Waals surface area contributed by atoms with Gasteiger partial charge in [-0.15, -0.1) is 0 Å². The van der Waals surface area contributed by atoms with Crippen molar-refractivity contribution in [3.05, 3.63) is 32.9 Å². The van der Waals surface area contributed by atoms with E-state index in [4.69, 9.17) is 14.0 Å². The number of ether oxygens (including phenoxy) is 1. The Morgan fingerprint density at radius 2 is 2.24 bits per heavy atom. The average molecular weight is 324 g/mol. The molecule has 0 saturated carbocycles. The Labute approximate surface area is 118 Å². The van der Waals surface area contributed by atoms with Crippen LogP contribution in [0.25, 0.3) is 0 Å². The zero-order valence-electron chi connectivity index (χ0n) is 10.9. The molecule has 21 heavy (non-hydrogen) atoms. The van der Waals surface area contributed by atoms with E-state index in [0.29, 0.717) is 6.20 Å². The molecule has 2 heterocycles. The summed E-state index contributed by atoms with van der Waals surface area (Å²) < 4.78 is 46.3. The lowest BCUT2D eigenvalue weighted by molar-refractivity contribution is -0.0416. The lowest BCUT2D eigenvalue weighted by Gasteiger charge is -2.14. The number of aromatic nitrogens is 2. The van der Waals surface area contributed by atoms with Gasteiger partial charge in [-0.1, -0.05) is 0 Å². The van der Waals surface area contributed by atoms with Gasteiger partial charge in [-0.2, -0.15) is 12.8 Å². The van der Waals surface area contributed by atoms with Crippen LogP contribution in [0.5, 0.6) is 0 Å². The van der Waals surface area contributed by atoms with Gasteiger partial charge >= 0.3 is 5.69 Å². The van der Waals surface area contributed by atoms with Gasteiger partial charge in [0.2, 0.25) is 5.82 Å². The van der Waals surface area contributed by atoms with Crippen LogP contribution in [-0.2, 0) is 19.0 Å². The third-order valence-corrected chi connectivity index (χ3v) is 3.49. The SMILES string of the molecule is CS(=O)(=O)O[C@H]1C[C@@H](n2cc(F)c(=O)[nH]c2=O)O[C@@H]1CO. The smallest absolute Gasteiger partial charge is 0.330 e. The Morgan fingerprint density at radius 3 is 2.81 bits per heavy atom. The van der Waals surface area contributed by atoms with Gasteiger partial charge in [0.05, 0.1) is 19.1 Å². The molecule has 1 saturated heterocycles. The van der Waals surface area contributed by atoms with Crippen LogP contribution in [0.2, 0.25) is 0 Å². The number of aliphatic hydroxyl groups excluding tert-OH is 1. The summed E-state index contributed by atoms with van der Waals surface area (Å²) in [5.41, 5.74) is -2.08. The molecule has 1 fully saturated rings. The zero-order chi connectivity index (χ0) is 15.8. The highest BCUT2D eigenvalue weighted by Gasteiger charge is 2.39. The van der Waals surface area contributed by atoms with Crippen LogP contribution >= 0.6 is 0 Å². The predicted molar refractivity (Wildman–Crippen MR) is 66.6 cm³/mol. The number of nitrogens with one attached hydrogen (secondary N) is 1. The minimum absolute atomic E-state index is 0.107. The van der Waals surface area contributed by atoms with Crippen LogP contribution < -0.4 is 11.2 Å². The second kappa shape index (κ2) is 5.67. The largest absolute Gasteiger partial charge is 0.394 e. The van der Waals surface area contributed by atoms with Crippen LogP contribution in [0.1, 0.15) is 12.6 Å². The van der Waals surface area contributed by atoms with Gasteiger partial charge in [0.15, 0.2) is 0 Å². The van der Waals surface area contributed by atoms with Crippen molar-refractivity contribution in [2.45, 2.75) is 24.9 Å². The fraction of sp³-hybridized carbons (Fsp3) is 0.600. The number of H-pyrrole nitrogens is 1. The Hall–Kier alpha value is -1.56. The molecule has 2 N–H and O–H groups in total. The van der Waals surface area contributed by atoms with E-state index in [2.05, 4.69) is 0 Å². The molecule has 1 aromatic rings. The number of aromatic amines is 1. The molecule has 1 aromatic heterocycles. The summed E-state index contributed by atoms with van der Waals surface area (Å²) >= 11 is 0. The number of hydrogen-bond acceptors (Lipinski definition) is 7. The first-order chi connectivity index (χ1) is 9.71. The van der Waals surface area contributed by atoms with E-state index in [9.17, 15) is 22.4 Å². The van der Waals surface area contributed by atoms with Crippen LogP contribution in [0.3, 0.4) is 0 Å². The molecule has 0 unspecified atom stereocenters. The Kier molecular flexibility index (Phi) is 4.27. The lowest BCUT2D eigenvalue weighted by Crippen LogP contribution is -2.34. The number of rotatable bonds is 4.